The number of allylic oxidation sites excluding steroid dienone is 4. The lowest BCUT2D eigenvalue weighted by Crippen LogP contribution is -2.10. The summed E-state index contributed by atoms with van der Waals surface area (Å²) < 4.78 is 5.72. The van der Waals surface area contributed by atoms with E-state index in [9.17, 15) is 0 Å². The molecule has 0 saturated heterocycles. The Hall–Kier alpha value is -0.340. The first-order valence-corrected chi connectivity index (χ1v) is 8.21. The Kier molecular flexibility index (Phi) is 11.3. The number of hydrogen-bond acceptors (Lipinski definition) is 1. The summed E-state index contributed by atoms with van der Waals surface area (Å²) in [5.74, 6) is 0. The molecule has 1 unspecified atom stereocenters. The molecule has 0 aliphatic carbocycles. The van der Waals surface area contributed by atoms with Gasteiger partial charge in [-0.3, -0.25) is 0 Å². The van der Waals surface area contributed by atoms with Crippen molar-refractivity contribution in [3.8, 4) is 0 Å². The first kappa shape index (κ1) is 18.7. The monoisotopic (exact) mass is 328 g/mol. The van der Waals surface area contributed by atoms with E-state index in [1.807, 2.05) is 0 Å². The van der Waals surface area contributed by atoms with Crippen molar-refractivity contribution in [1.29, 1.82) is 0 Å². The van der Waals surface area contributed by atoms with Crippen LogP contribution in [0.5, 0.6) is 0 Å². The molecule has 0 amide bonds. The SMILES string of the molecule is C=C(CBr)COC(C)CC/C=C(\C)CCC=C(C)C. The Balaban J connectivity index is 3.75. The predicted octanol–water partition coefficient (Wildman–Crippen LogP) is 5.82. The van der Waals surface area contributed by atoms with Gasteiger partial charge >= 0.3 is 0 Å². The number of alkyl halides is 1. The highest BCUT2D eigenvalue weighted by Crippen LogP contribution is 2.11. The largest absolute Gasteiger partial charge is 0.374 e. The van der Waals surface area contributed by atoms with E-state index in [2.05, 4.69) is 62.4 Å². The van der Waals surface area contributed by atoms with Crippen molar-refractivity contribution >= 4 is 15.9 Å². The molecule has 0 aromatic heterocycles. The van der Waals surface area contributed by atoms with Crippen LogP contribution in [0.25, 0.3) is 0 Å². The molecule has 0 bridgehead atoms. The van der Waals surface area contributed by atoms with Gasteiger partial charge in [0.15, 0.2) is 0 Å². The summed E-state index contributed by atoms with van der Waals surface area (Å²) in [7, 11) is 0. The molecule has 1 atom stereocenters. The molecule has 19 heavy (non-hydrogen) atoms. The Bertz CT molecular complexity index is 311. The summed E-state index contributed by atoms with van der Waals surface area (Å²) in [5, 5.41) is 0.823. The van der Waals surface area contributed by atoms with Gasteiger partial charge in [0.25, 0.3) is 0 Å². The van der Waals surface area contributed by atoms with Gasteiger partial charge in [-0.15, -0.1) is 0 Å². The Morgan fingerprint density at radius 1 is 1.21 bits per heavy atom. The predicted molar refractivity (Wildman–Crippen MR) is 90.0 cm³/mol. The van der Waals surface area contributed by atoms with Crippen molar-refractivity contribution in [2.45, 2.75) is 59.5 Å². The van der Waals surface area contributed by atoms with Gasteiger partial charge in [-0.2, -0.15) is 0 Å². The maximum Gasteiger partial charge on any atom is 0.0685 e. The smallest absolute Gasteiger partial charge is 0.0685 e. The molecule has 0 aliphatic rings. The maximum atomic E-state index is 5.72. The highest BCUT2D eigenvalue weighted by molar-refractivity contribution is 9.09. The Morgan fingerprint density at radius 3 is 2.47 bits per heavy atom. The van der Waals surface area contributed by atoms with Crippen LogP contribution >= 0.6 is 15.9 Å². The molecular weight excluding hydrogens is 300 g/mol. The average molecular weight is 329 g/mol. The third-order valence-electron chi connectivity index (χ3n) is 2.92. The van der Waals surface area contributed by atoms with Crippen LogP contribution in [0.4, 0.5) is 0 Å². The third-order valence-corrected chi connectivity index (χ3v) is 3.71. The summed E-state index contributed by atoms with van der Waals surface area (Å²) >= 11 is 3.38. The molecule has 0 rings (SSSR count). The zero-order valence-electron chi connectivity index (χ0n) is 13.0. The molecule has 1 nitrogen and oxygen atoms in total. The lowest BCUT2D eigenvalue weighted by molar-refractivity contribution is 0.0784. The van der Waals surface area contributed by atoms with Crippen LogP contribution in [0.1, 0.15) is 53.4 Å². The highest BCUT2D eigenvalue weighted by atomic mass is 79.9. The molecule has 110 valence electrons. The van der Waals surface area contributed by atoms with Crippen molar-refractivity contribution in [2.75, 3.05) is 11.9 Å². The second-order valence-electron chi connectivity index (χ2n) is 5.45. The number of rotatable bonds is 10. The van der Waals surface area contributed by atoms with E-state index in [1.54, 1.807) is 0 Å². The zero-order valence-corrected chi connectivity index (χ0v) is 14.6. The quantitative estimate of drug-likeness (QED) is 0.363. The van der Waals surface area contributed by atoms with Gasteiger partial charge in [0, 0.05) is 5.33 Å². The van der Waals surface area contributed by atoms with Crippen LogP contribution in [0.3, 0.4) is 0 Å². The van der Waals surface area contributed by atoms with Crippen LogP contribution in [-0.4, -0.2) is 18.0 Å². The number of ether oxygens (including phenoxy) is 1. The molecule has 0 saturated carbocycles. The van der Waals surface area contributed by atoms with Crippen molar-refractivity contribution in [3.05, 3.63) is 35.5 Å². The zero-order chi connectivity index (χ0) is 14.7. The van der Waals surface area contributed by atoms with Gasteiger partial charge in [0.2, 0.25) is 0 Å². The average Bonchev–Trinajstić information content (AvgIpc) is 2.35. The van der Waals surface area contributed by atoms with Crippen LogP contribution in [0.15, 0.2) is 35.5 Å². The van der Waals surface area contributed by atoms with E-state index in [-0.39, 0.29) is 0 Å². The van der Waals surface area contributed by atoms with E-state index < -0.39 is 0 Å². The third kappa shape index (κ3) is 12.4. The fourth-order valence-corrected chi connectivity index (χ4v) is 1.80. The molecular formula is C17H29BrO. The fraction of sp³-hybridized carbons (Fsp3) is 0.647. The van der Waals surface area contributed by atoms with Gasteiger partial charge in [-0.05, 0) is 59.0 Å². The summed E-state index contributed by atoms with van der Waals surface area (Å²) in [6.45, 7) is 13.2. The van der Waals surface area contributed by atoms with Gasteiger partial charge in [-0.1, -0.05) is 45.8 Å². The van der Waals surface area contributed by atoms with E-state index in [0.29, 0.717) is 12.7 Å². The highest BCUT2D eigenvalue weighted by Gasteiger charge is 2.02. The van der Waals surface area contributed by atoms with Gasteiger partial charge in [0.05, 0.1) is 12.7 Å². The molecule has 0 fully saturated rings. The van der Waals surface area contributed by atoms with Crippen LogP contribution < -0.4 is 0 Å². The number of hydrogen-bond donors (Lipinski definition) is 0. The second-order valence-corrected chi connectivity index (χ2v) is 6.01. The summed E-state index contributed by atoms with van der Waals surface area (Å²) in [6.07, 6.45) is 9.45. The van der Waals surface area contributed by atoms with Crippen molar-refractivity contribution in [3.63, 3.8) is 0 Å². The van der Waals surface area contributed by atoms with Crippen molar-refractivity contribution < 1.29 is 4.74 Å². The fourth-order valence-electron chi connectivity index (χ4n) is 1.64. The summed E-state index contributed by atoms with van der Waals surface area (Å²) in [5.41, 5.74) is 3.98. The van der Waals surface area contributed by atoms with Crippen molar-refractivity contribution in [1.82, 2.24) is 0 Å². The first-order valence-electron chi connectivity index (χ1n) is 7.09. The minimum Gasteiger partial charge on any atom is -0.374 e. The first-order chi connectivity index (χ1) is 8.95. The molecule has 0 heterocycles. The Morgan fingerprint density at radius 2 is 1.89 bits per heavy atom. The van der Waals surface area contributed by atoms with Gasteiger partial charge < -0.3 is 4.74 Å². The van der Waals surface area contributed by atoms with Gasteiger partial charge in [0.1, 0.15) is 0 Å². The molecule has 0 spiro atoms. The number of halogens is 1. The van der Waals surface area contributed by atoms with Crippen LogP contribution in [0.2, 0.25) is 0 Å². The minimum atomic E-state index is 0.303. The maximum absolute atomic E-state index is 5.72. The summed E-state index contributed by atoms with van der Waals surface area (Å²) in [6, 6.07) is 0. The van der Waals surface area contributed by atoms with Crippen molar-refractivity contribution in [2.24, 2.45) is 0 Å². The molecule has 0 aromatic carbocycles. The lowest BCUT2D eigenvalue weighted by Gasteiger charge is -2.12. The Labute approximate surface area is 127 Å². The van der Waals surface area contributed by atoms with E-state index in [1.165, 1.54) is 17.6 Å². The lowest BCUT2D eigenvalue weighted by atomic mass is 10.1. The second kappa shape index (κ2) is 11.5. The molecule has 0 aromatic rings. The van der Waals surface area contributed by atoms with E-state index in [0.717, 1.165) is 30.2 Å². The van der Waals surface area contributed by atoms with E-state index >= 15 is 0 Å². The normalized spacial score (nSPS) is 13.2. The molecule has 0 radical (unpaired) electrons. The summed E-state index contributed by atoms with van der Waals surface area (Å²) in [4.78, 5) is 0. The van der Waals surface area contributed by atoms with Crippen LogP contribution in [0, 0.1) is 0 Å². The molecule has 0 aliphatic heterocycles. The van der Waals surface area contributed by atoms with E-state index in [4.69, 9.17) is 4.74 Å². The van der Waals surface area contributed by atoms with Gasteiger partial charge in [-0.25, -0.2) is 0 Å². The topological polar surface area (TPSA) is 9.23 Å². The molecule has 2 heteroatoms. The van der Waals surface area contributed by atoms with Crippen LogP contribution in [-0.2, 0) is 4.74 Å². The standard InChI is InChI=1S/C17H29BrO/c1-14(2)8-6-9-15(3)10-7-11-17(5)19-13-16(4)12-18/h8,10,17H,4,6-7,9,11-13H2,1-3,5H3/b15-10+. The minimum absolute atomic E-state index is 0.303. The molecule has 0 N–H and O–H groups in total.